The second kappa shape index (κ2) is 8.80. The Bertz CT molecular complexity index is 607. The van der Waals surface area contributed by atoms with Crippen LogP contribution in [0.15, 0.2) is 24.3 Å². The number of likely N-dealkylation sites (N-methyl/N-ethyl adjacent to an activating group) is 2. The Labute approximate surface area is 147 Å². The number of rotatable bonds is 7. The van der Waals surface area contributed by atoms with Crippen molar-refractivity contribution in [3.8, 4) is 5.75 Å². The van der Waals surface area contributed by atoms with Crippen LogP contribution in [-0.2, 0) is 9.59 Å². The van der Waals surface area contributed by atoms with Crippen LogP contribution >= 0.6 is 0 Å². The zero-order valence-corrected chi connectivity index (χ0v) is 15.0. The topological polar surface area (TPSA) is 61.9 Å². The van der Waals surface area contributed by atoms with E-state index in [0.717, 1.165) is 0 Å². The van der Waals surface area contributed by atoms with Gasteiger partial charge >= 0.3 is 0 Å². The van der Waals surface area contributed by atoms with Crippen molar-refractivity contribution in [2.24, 2.45) is 0 Å². The number of carbonyl (C=O) groups is 2. The fraction of sp³-hybridized carbons (Fsp3) is 0.556. The molecule has 7 heteroatoms. The van der Waals surface area contributed by atoms with Gasteiger partial charge in [-0.3, -0.25) is 14.5 Å². The summed E-state index contributed by atoms with van der Waals surface area (Å²) in [6, 6.07) is 5.35. The van der Waals surface area contributed by atoms with E-state index in [1.165, 1.54) is 18.2 Å². The van der Waals surface area contributed by atoms with Gasteiger partial charge in [0.15, 0.2) is 6.61 Å². The van der Waals surface area contributed by atoms with Gasteiger partial charge in [0.2, 0.25) is 5.91 Å². The number of benzene rings is 1. The maximum atomic E-state index is 13.1. The van der Waals surface area contributed by atoms with Gasteiger partial charge in [0, 0.05) is 31.7 Å². The second-order valence-corrected chi connectivity index (χ2v) is 6.21. The summed E-state index contributed by atoms with van der Waals surface area (Å²) in [5.74, 6) is -0.278. The van der Waals surface area contributed by atoms with Crippen LogP contribution in [0, 0.1) is 5.82 Å². The highest BCUT2D eigenvalue weighted by molar-refractivity contribution is 5.83. The summed E-state index contributed by atoms with van der Waals surface area (Å²) in [6.07, 6.45) is 0.581. The molecule has 25 heavy (non-hydrogen) atoms. The van der Waals surface area contributed by atoms with Crippen molar-refractivity contribution < 1.29 is 18.7 Å². The van der Waals surface area contributed by atoms with Gasteiger partial charge in [0.05, 0.1) is 6.04 Å². The third kappa shape index (κ3) is 5.16. The second-order valence-electron chi connectivity index (χ2n) is 6.21. The van der Waals surface area contributed by atoms with Crippen LogP contribution in [0.4, 0.5) is 4.39 Å². The molecular weight excluding hydrogens is 325 g/mol. The summed E-state index contributed by atoms with van der Waals surface area (Å²) in [6.45, 7) is 5.71. The first-order chi connectivity index (χ1) is 11.9. The molecule has 138 valence electrons. The molecule has 0 aliphatic carbocycles. The molecule has 0 radical (unpaired) electrons. The monoisotopic (exact) mass is 351 g/mol. The lowest BCUT2D eigenvalue weighted by molar-refractivity contribution is -0.135. The zero-order valence-electron chi connectivity index (χ0n) is 15.0. The highest BCUT2D eigenvalue weighted by Gasteiger charge is 2.36. The number of hydrogen-bond acceptors (Lipinski definition) is 4. The molecule has 2 amide bonds. The van der Waals surface area contributed by atoms with Crippen molar-refractivity contribution in [2.75, 3.05) is 33.3 Å². The lowest BCUT2D eigenvalue weighted by Crippen LogP contribution is -2.44. The van der Waals surface area contributed by atoms with Crippen LogP contribution in [0.3, 0.4) is 0 Å². The Balaban J connectivity index is 1.83. The average molecular weight is 351 g/mol. The maximum Gasteiger partial charge on any atom is 0.258 e. The highest BCUT2D eigenvalue weighted by Crippen LogP contribution is 2.18. The molecule has 2 atom stereocenters. The molecule has 0 unspecified atom stereocenters. The van der Waals surface area contributed by atoms with Crippen LogP contribution in [0.25, 0.3) is 0 Å². The number of likely N-dealkylation sites (tertiary alicyclic amines) is 1. The molecule has 2 rings (SSSR count). The molecule has 1 fully saturated rings. The average Bonchev–Trinajstić information content (AvgIpc) is 2.94. The smallest absolute Gasteiger partial charge is 0.258 e. The summed E-state index contributed by atoms with van der Waals surface area (Å²) in [5, 5.41) is 2.88. The summed E-state index contributed by atoms with van der Waals surface area (Å²) < 4.78 is 18.4. The van der Waals surface area contributed by atoms with E-state index >= 15 is 0 Å². The minimum absolute atomic E-state index is 0.0975. The molecule has 6 nitrogen and oxygen atoms in total. The first kappa shape index (κ1) is 19.2. The molecule has 0 spiro atoms. The van der Waals surface area contributed by atoms with Gasteiger partial charge < -0.3 is 15.0 Å². The molecule has 0 aromatic heterocycles. The predicted octanol–water partition coefficient (Wildman–Crippen LogP) is 1.26. The number of nitrogens with one attached hydrogen (secondary N) is 1. The van der Waals surface area contributed by atoms with Gasteiger partial charge in [0.25, 0.3) is 5.91 Å². The molecule has 1 aromatic carbocycles. The standard InChI is InChI=1S/C18H26FN3O3/c1-4-22(5-2)18(24)16-10-14(11-21(16)3)20-17(23)12-25-15-8-6-7-13(19)9-15/h6-9,14,16H,4-5,10-12H2,1-3H3,(H,20,23)/t14-,16+/m1/s1. The Hall–Kier alpha value is -2.15. The first-order valence-corrected chi connectivity index (χ1v) is 8.61. The van der Waals surface area contributed by atoms with Crippen molar-refractivity contribution in [2.45, 2.75) is 32.4 Å². The number of ether oxygens (including phenoxy) is 1. The lowest BCUT2D eigenvalue weighted by atomic mass is 10.1. The van der Waals surface area contributed by atoms with Crippen molar-refractivity contribution in [1.82, 2.24) is 15.1 Å². The zero-order chi connectivity index (χ0) is 18.4. The highest BCUT2D eigenvalue weighted by atomic mass is 19.1. The normalized spacial score (nSPS) is 20.3. The van der Waals surface area contributed by atoms with Crippen LogP contribution in [-0.4, -0.2) is 67.0 Å². The van der Waals surface area contributed by atoms with Gasteiger partial charge in [-0.2, -0.15) is 0 Å². The summed E-state index contributed by atoms with van der Waals surface area (Å²) in [7, 11) is 1.89. The molecule has 1 aliphatic rings. The summed E-state index contributed by atoms with van der Waals surface area (Å²) in [4.78, 5) is 28.3. The van der Waals surface area contributed by atoms with Gasteiger partial charge in [-0.05, 0) is 39.4 Å². The number of nitrogens with zero attached hydrogens (tertiary/aromatic N) is 2. The Morgan fingerprint density at radius 2 is 2.08 bits per heavy atom. The van der Waals surface area contributed by atoms with Gasteiger partial charge in [-0.1, -0.05) is 6.07 Å². The minimum Gasteiger partial charge on any atom is -0.484 e. The van der Waals surface area contributed by atoms with Gasteiger partial charge in [-0.25, -0.2) is 4.39 Å². The van der Waals surface area contributed by atoms with Crippen LogP contribution in [0.1, 0.15) is 20.3 Å². The van der Waals surface area contributed by atoms with E-state index in [9.17, 15) is 14.0 Å². The number of carbonyl (C=O) groups excluding carboxylic acids is 2. The van der Waals surface area contributed by atoms with Crippen LogP contribution in [0.5, 0.6) is 5.75 Å². The van der Waals surface area contributed by atoms with Gasteiger partial charge in [-0.15, -0.1) is 0 Å². The summed E-state index contributed by atoms with van der Waals surface area (Å²) >= 11 is 0. The Kier molecular flexibility index (Phi) is 6.75. The van der Waals surface area contributed by atoms with E-state index in [1.807, 2.05) is 25.8 Å². The number of hydrogen-bond donors (Lipinski definition) is 1. The molecule has 0 bridgehead atoms. The molecule has 1 heterocycles. The maximum absolute atomic E-state index is 13.1. The van der Waals surface area contributed by atoms with E-state index in [1.54, 1.807) is 11.0 Å². The first-order valence-electron chi connectivity index (χ1n) is 8.61. The van der Waals surface area contributed by atoms with E-state index in [-0.39, 0.29) is 30.5 Å². The molecule has 0 saturated carbocycles. The van der Waals surface area contributed by atoms with Crippen molar-refractivity contribution in [3.63, 3.8) is 0 Å². The molecule has 1 N–H and O–H groups in total. The fourth-order valence-corrected chi connectivity index (χ4v) is 3.11. The predicted molar refractivity (Wildman–Crippen MR) is 92.8 cm³/mol. The number of halogens is 1. The Morgan fingerprint density at radius 3 is 2.72 bits per heavy atom. The summed E-state index contributed by atoms with van der Waals surface area (Å²) in [5.41, 5.74) is 0. The SMILES string of the molecule is CCN(CC)C(=O)[C@@H]1C[C@@H](NC(=O)COc2cccc(F)c2)CN1C. The van der Waals surface area contributed by atoms with E-state index < -0.39 is 5.82 Å². The third-order valence-electron chi connectivity index (χ3n) is 4.44. The minimum atomic E-state index is -0.409. The molecular formula is C18H26FN3O3. The van der Waals surface area contributed by atoms with Gasteiger partial charge in [0.1, 0.15) is 11.6 Å². The number of amides is 2. The van der Waals surface area contributed by atoms with E-state index in [2.05, 4.69) is 5.32 Å². The van der Waals surface area contributed by atoms with Crippen LogP contribution in [0.2, 0.25) is 0 Å². The third-order valence-corrected chi connectivity index (χ3v) is 4.44. The van der Waals surface area contributed by atoms with E-state index in [0.29, 0.717) is 31.8 Å². The largest absolute Gasteiger partial charge is 0.484 e. The van der Waals surface area contributed by atoms with Crippen molar-refractivity contribution >= 4 is 11.8 Å². The molecule has 1 aromatic rings. The van der Waals surface area contributed by atoms with Crippen molar-refractivity contribution in [3.05, 3.63) is 30.1 Å². The van der Waals surface area contributed by atoms with Crippen molar-refractivity contribution in [1.29, 1.82) is 0 Å². The Morgan fingerprint density at radius 1 is 1.36 bits per heavy atom. The van der Waals surface area contributed by atoms with E-state index in [4.69, 9.17) is 4.74 Å². The van der Waals surface area contributed by atoms with Crippen LogP contribution < -0.4 is 10.1 Å². The quantitative estimate of drug-likeness (QED) is 0.803. The molecule has 1 saturated heterocycles. The lowest BCUT2D eigenvalue weighted by Gasteiger charge is -2.26. The molecule has 1 aliphatic heterocycles. The fourth-order valence-electron chi connectivity index (χ4n) is 3.11.